The van der Waals surface area contributed by atoms with Crippen LogP contribution in [0.25, 0.3) is 16.9 Å². The molecule has 3 heteroatoms. The molecule has 0 N–H and O–H groups in total. The van der Waals surface area contributed by atoms with E-state index in [2.05, 4.69) is 4.98 Å². The molecule has 3 aromatic rings. The maximum absolute atomic E-state index is 11.3. The molecule has 3 rings (SSSR count). The molecule has 88 valence electrons. The van der Waals surface area contributed by atoms with Gasteiger partial charge in [-0.3, -0.25) is 9.20 Å². The van der Waals surface area contributed by atoms with Crippen molar-refractivity contribution in [2.45, 2.75) is 6.92 Å². The van der Waals surface area contributed by atoms with Gasteiger partial charge in [0.25, 0.3) is 0 Å². The zero-order valence-corrected chi connectivity index (χ0v) is 10.00. The van der Waals surface area contributed by atoms with Crippen molar-refractivity contribution < 1.29 is 4.79 Å². The zero-order chi connectivity index (χ0) is 12.5. The first-order chi connectivity index (χ1) is 8.79. The molecule has 0 bridgehead atoms. The van der Waals surface area contributed by atoms with Gasteiger partial charge in [-0.25, -0.2) is 4.98 Å². The highest BCUT2D eigenvalue weighted by Gasteiger charge is 2.12. The van der Waals surface area contributed by atoms with Gasteiger partial charge in [-0.15, -0.1) is 0 Å². The van der Waals surface area contributed by atoms with Crippen LogP contribution in [0.2, 0.25) is 0 Å². The highest BCUT2D eigenvalue weighted by atomic mass is 16.1. The summed E-state index contributed by atoms with van der Waals surface area (Å²) in [7, 11) is 0. The number of rotatable bonds is 2. The summed E-state index contributed by atoms with van der Waals surface area (Å²) in [6, 6.07) is 13.7. The standard InChI is InChI=1S/C15H12N2O/c1-11-7-8-17-13(10-18)15(16-14(17)9-11)12-5-3-2-4-6-12/h2-10H,1H3. The van der Waals surface area contributed by atoms with Gasteiger partial charge >= 0.3 is 0 Å². The smallest absolute Gasteiger partial charge is 0.169 e. The second-order valence-corrected chi connectivity index (χ2v) is 4.26. The molecule has 0 spiro atoms. The van der Waals surface area contributed by atoms with Gasteiger partial charge in [0.15, 0.2) is 6.29 Å². The van der Waals surface area contributed by atoms with Gasteiger partial charge < -0.3 is 0 Å². The monoisotopic (exact) mass is 236 g/mol. The molecular weight excluding hydrogens is 224 g/mol. The number of imidazole rings is 1. The van der Waals surface area contributed by atoms with Crippen LogP contribution in [0.15, 0.2) is 48.7 Å². The zero-order valence-electron chi connectivity index (χ0n) is 10.00. The number of pyridine rings is 1. The van der Waals surface area contributed by atoms with Crippen molar-refractivity contribution in [1.29, 1.82) is 0 Å². The van der Waals surface area contributed by atoms with Gasteiger partial charge in [0, 0.05) is 11.8 Å². The van der Waals surface area contributed by atoms with Crippen LogP contribution in [0.1, 0.15) is 16.1 Å². The molecule has 0 unspecified atom stereocenters. The van der Waals surface area contributed by atoms with E-state index in [9.17, 15) is 4.79 Å². The molecule has 0 aliphatic heterocycles. The lowest BCUT2D eigenvalue weighted by Crippen LogP contribution is -1.92. The second-order valence-electron chi connectivity index (χ2n) is 4.26. The summed E-state index contributed by atoms with van der Waals surface area (Å²) in [6.45, 7) is 2.01. The maximum atomic E-state index is 11.3. The Morgan fingerprint density at radius 1 is 1.17 bits per heavy atom. The van der Waals surface area contributed by atoms with E-state index < -0.39 is 0 Å². The van der Waals surface area contributed by atoms with Crippen molar-refractivity contribution in [3.63, 3.8) is 0 Å². The molecule has 0 radical (unpaired) electrons. The predicted molar refractivity (Wildman–Crippen MR) is 70.8 cm³/mol. The third-order valence-electron chi connectivity index (χ3n) is 2.98. The van der Waals surface area contributed by atoms with Crippen LogP contribution < -0.4 is 0 Å². The fourth-order valence-corrected chi connectivity index (χ4v) is 2.09. The first-order valence-corrected chi connectivity index (χ1v) is 5.79. The summed E-state index contributed by atoms with van der Waals surface area (Å²) in [5, 5.41) is 0. The van der Waals surface area contributed by atoms with E-state index in [0.717, 1.165) is 28.8 Å². The summed E-state index contributed by atoms with van der Waals surface area (Å²) in [4.78, 5) is 15.8. The predicted octanol–water partition coefficient (Wildman–Crippen LogP) is 3.12. The number of benzene rings is 1. The molecule has 3 nitrogen and oxygen atoms in total. The Morgan fingerprint density at radius 2 is 1.94 bits per heavy atom. The summed E-state index contributed by atoms with van der Waals surface area (Å²) in [6.07, 6.45) is 2.74. The van der Waals surface area contributed by atoms with E-state index in [1.54, 1.807) is 0 Å². The first kappa shape index (κ1) is 10.7. The average molecular weight is 236 g/mol. The van der Waals surface area contributed by atoms with Crippen molar-refractivity contribution in [3.05, 3.63) is 59.9 Å². The Morgan fingerprint density at radius 3 is 2.67 bits per heavy atom. The van der Waals surface area contributed by atoms with Crippen molar-refractivity contribution in [2.75, 3.05) is 0 Å². The Hall–Kier alpha value is -2.42. The topological polar surface area (TPSA) is 34.4 Å². The number of fused-ring (bicyclic) bond motifs is 1. The minimum absolute atomic E-state index is 0.594. The van der Waals surface area contributed by atoms with Crippen LogP contribution >= 0.6 is 0 Å². The fourth-order valence-electron chi connectivity index (χ4n) is 2.09. The Kier molecular flexibility index (Phi) is 2.45. The van der Waals surface area contributed by atoms with Crippen LogP contribution in [0, 0.1) is 6.92 Å². The average Bonchev–Trinajstić information content (AvgIpc) is 2.77. The molecule has 0 saturated heterocycles. The summed E-state index contributed by atoms with van der Waals surface area (Å²) >= 11 is 0. The van der Waals surface area contributed by atoms with Crippen LogP contribution in [-0.4, -0.2) is 15.7 Å². The van der Waals surface area contributed by atoms with E-state index >= 15 is 0 Å². The summed E-state index contributed by atoms with van der Waals surface area (Å²) < 4.78 is 1.82. The Balaban J connectivity index is 2.33. The number of hydrogen-bond acceptors (Lipinski definition) is 2. The first-order valence-electron chi connectivity index (χ1n) is 5.79. The van der Waals surface area contributed by atoms with Crippen molar-refractivity contribution in [3.8, 4) is 11.3 Å². The molecular formula is C15H12N2O. The van der Waals surface area contributed by atoms with Gasteiger partial charge in [0.2, 0.25) is 0 Å². The molecule has 0 fully saturated rings. The normalized spacial score (nSPS) is 10.7. The number of hydrogen-bond donors (Lipinski definition) is 0. The van der Waals surface area contributed by atoms with Crippen molar-refractivity contribution in [1.82, 2.24) is 9.38 Å². The Labute approximate surface area is 105 Å². The van der Waals surface area contributed by atoms with Gasteiger partial charge in [-0.05, 0) is 24.6 Å². The highest BCUT2D eigenvalue weighted by Crippen LogP contribution is 2.23. The second kappa shape index (κ2) is 4.11. The van der Waals surface area contributed by atoms with Crippen LogP contribution in [0.5, 0.6) is 0 Å². The summed E-state index contributed by atoms with van der Waals surface area (Å²) in [5.41, 5.74) is 4.22. The molecule has 0 aliphatic carbocycles. The third kappa shape index (κ3) is 1.61. The van der Waals surface area contributed by atoms with E-state index in [0.29, 0.717) is 5.69 Å². The van der Waals surface area contributed by atoms with Crippen LogP contribution in [0.3, 0.4) is 0 Å². The lowest BCUT2D eigenvalue weighted by atomic mass is 10.1. The quantitative estimate of drug-likeness (QED) is 0.641. The number of nitrogens with zero attached hydrogens (tertiary/aromatic N) is 2. The lowest BCUT2D eigenvalue weighted by Gasteiger charge is -1.98. The van der Waals surface area contributed by atoms with E-state index in [1.165, 1.54) is 0 Å². The minimum Gasteiger partial charge on any atom is -0.297 e. The molecule has 2 aromatic heterocycles. The number of carbonyl (C=O) groups excluding carboxylic acids is 1. The summed E-state index contributed by atoms with van der Waals surface area (Å²) in [5.74, 6) is 0. The number of aromatic nitrogens is 2. The number of aryl methyl sites for hydroxylation is 1. The molecule has 0 aliphatic rings. The molecule has 0 saturated carbocycles. The number of carbonyl (C=O) groups is 1. The molecule has 1 aromatic carbocycles. The fraction of sp³-hybridized carbons (Fsp3) is 0.0667. The van der Waals surface area contributed by atoms with E-state index in [4.69, 9.17) is 0 Å². The van der Waals surface area contributed by atoms with Gasteiger partial charge in [-0.2, -0.15) is 0 Å². The van der Waals surface area contributed by atoms with E-state index in [1.807, 2.05) is 60.0 Å². The maximum Gasteiger partial charge on any atom is 0.169 e. The molecule has 0 atom stereocenters. The van der Waals surface area contributed by atoms with E-state index in [-0.39, 0.29) is 0 Å². The third-order valence-corrected chi connectivity index (χ3v) is 2.98. The number of aldehydes is 1. The van der Waals surface area contributed by atoms with Crippen molar-refractivity contribution in [2.24, 2.45) is 0 Å². The van der Waals surface area contributed by atoms with Gasteiger partial charge in [-0.1, -0.05) is 30.3 Å². The van der Waals surface area contributed by atoms with Crippen LogP contribution in [-0.2, 0) is 0 Å². The van der Waals surface area contributed by atoms with Crippen LogP contribution in [0.4, 0.5) is 0 Å². The molecule has 2 heterocycles. The van der Waals surface area contributed by atoms with Gasteiger partial charge in [0.1, 0.15) is 17.0 Å². The SMILES string of the molecule is Cc1ccn2c(C=O)c(-c3ccccc3)nc2c1. The van der Waals surface area contributed by atoms with Crippen molar-refractivity contribution >= 4 is 11.9 Å². The highest BCUT2D eigenvalue weighted by molar-refractivity contribution is 5.86. The minimum atomic E-state index is 0.594. The lowest BCUT2D eigenvalue weighted by molar-refractivity contribution is 0.111. The molecule has 0 amide bonds. The largest absolute Gasteiger partial charge is 0.297 e. The molecule has 18 heavy (non-hydrogen) atoms. The van der Waals surface area contributed by atoms with Gasteiger partial charge in [0.05, 0.1) is 0 Å². The Bertz CT molecular complexity index is 714.